The van der Waals surface area contributed by atoms with Crippen molar-refractivity contribution in [2.24, 2.45) is 0 Å². The van der Waals surface area contributed by atoms with Crippen molar-refractivity contribution < 1.29 is 49.0 Å². The van der Waals surface area contributed by atoms with Crippen molar-refractivity contribution in [3.05, 3.63) is 36.5 Å². The van der Waals surface area contributed by atoms with Crippen molar-refractivity contribution >= 4 is 11.9 Å². The van der Waals surface area contributed by atoms with Gasteiger partial charge in [-0.15, -0.1) is 0 Å². The zero-order valence-corrected chi connectivity index (χ0v) is 41.7. The van der Waals surface area contributed by atoms with Crippen molar-refractivity contribution in [1.82, 2.24) is 0 Å². The second kappa shape index (κ2) is 45.7. The van der Waals surface area contributed by atoms with Crippen LogP contribution in [0.2, 0.25) is 0 Å². The number of carbonyl (C=O) groups is 2. The van der Waals surface area contributed by atoms with Gasteiger partial charge in [-0.3, -0.25) is 9.59 Å². The van der Waals surface area contributed by atoms with E-state index in [1.54, 1.807) is 0 Å². The number of allylic oxidation sites excluding steroid dienone is 6. The van der Waals surface area contributed by atoms with E-state index in [2.05, 4.69) is 50.3 Å². The fourth-order valence-corrected chi connectivity index (χ4v) is 8.23. The molecule has 0 amide bonds. The maximum Gasteiger partial charge on any atom is 0.306 e. The summed E-state index contributed by atoms with van der Waals surface area (Å²) >= 11 is 0. The first-order valence-corrected chi connectivity index (χ1v) is 27.1. The fourth-order valence-electron chi connectivity index (χ4n) is 8.23. The molecular formula is C55H100O10. The number of unbranched alkanes of at least 4 members (excludes halogenated alkanes) is 29. The van der Waals surface area contributed by atoms with Gasteiger partial charge < -0.3 is 39.4 Å². The number of esters is 2. The number of hydrogen-bond donors (Lipinski definition) is 4. The second-order valence-electron chi connectivity index (χ2n) is 18.7. The molecule has 1 saturated heterocycles. The molecule has 1 fully saturated rings. The van der Waals surface area contributed by atoms with Crippen molar-refractivity contribution in [2.75, 3.05) is 19.8 Å². The molecule has 0 aromatic carbocycles. The molecule has 6 atom stereocenters. The highest BCUT2D eigenvalue weighted by atomic mass is 16.7. The molecule has 1 heterocycles. The monoisotopic (exact) mass is 921 g/mol. The van der Waals surface area contributed by atoms with Gasteiger partial charge in [-0.2, -0.15) is 0 Å². The van der Waals surface area contributed by atoms with Crippen LogP contribution in [0.1, 0.15) is 245 Å². The highest BCUT2D eigenvalue weighted by Crippen LogP contribution is 2.23. The van der Waals surface area contributed by atoms with Gasteiger partial charge in [-0.25, -0.2) is 0 Å². The standard InChI is InChI=1S/C55H100O10/c1-3-5-7-9-11-13-15-17-19-21-22-23-24-25-26-28-29-31-33-35-37-39-41-43-50(57)62-46-48(47-63-55-54(61)53(60)52(59)49(45-56)65-55)64-51(58)44-42-40-38-36-34-32-30-27-20-18-16-14-12-10-8-6-4-2/h30,32,35-38,48-49,52-56,59-61H,3-29,31,33-34,39-47H2,1-2H3/b32-30+,37-35+,38-36+/t48-,49-,52+,53?,54?,55-/m0/s1. The summed E-state index contributed by atoms with van der Waals surface area (Å²) in [7, 11) is 0. The van der Waals surface area contributed by atoms with Crippen LogP contribution < -0.4 is 0 Å². The first-order chi connectivity index (χ1) is 31.8. The molecule has 0 aromatic heterocycles. The van der Waals surface area contributed by atoms with Gasteiger partial charge in [-0.05, 0) is 57.8 Å². The normalized spacial score (nSPS) is 19.5. The maximum atomic E-state index is 12.8. The third kappa shape index (κ3) is 36.6. The lowest BCUT2D eigenvalue weighted by atomic mass is 9.99. The van der Waals surface area contributed by atoms with Crippen molar-refractivity contribution in [2.45, 2.75) is 282 Å². The molecule has 0 saturated carbocycles. The zero-order valence-electron chi connectivity index (χ0n) is 41.7. The zero-order chi connectivity index (χ0) is 47.3. The Kier molecular flexibility index (Phi) is 42.8. The van der Waals surface area contributed by atoms with Crippen LogP contribution in [0.3, 0.4) is 0 Å². The minimum absolute atomic E-state index is 0.162. The molecule has 0 radical (unpaired) electrons. The Bertz CT molecular complexity index is 1160. The van der Waals surface area contributed by atoms with Crippen molar-refractivity contribution in [1.29, 1.82) is 0 Å². The molecule has 1 rings (SSSR count). The van der Waals surface area contributed by atoms with Crippen molar-refractivity contribution in [3.8, 4) is 0 Å². The molecule has 10 nitrogen and oxygen atoms in total. The molecule has 4 N–H and O–H groups in total. The predicted molar refractivity (Wildman–Crippen MR) is 266 cm³/mol. The SMILES string of the molecule is CCCCCCCCCCC/C=C/C/C=C/CCCC(=O)O[C@@H](COC(=O)CCC/C=C/CCCCCCCCCCCCCCCCCCCC)CO[C@H]1O[C@@H](CO)[C@@H](O)C(O)C1O. The average Bonchev–Trinajstić information content (AvgIpc) is 3.30. The molecule has 0 bridgehead atoms. The average molecular weight is 921 g/mol. The first-order valence-electron chi connectivity index (χ1n) is 27.1. The van der Waals surface area contributed by atoms with Crippen LogP contribution in [0.15, 0.2) is 36.5 Å². The number of aliphatic hydroxyl groups excluding tert-OH is 4. The van der Waals surface area contributed by atoms with E-state index < -0.39 is 55.4 Å². The molecule has 0 spiro atoms. The Labute approximate surface area is 397 Å². The number of carbonyl (C=O) groups excluding carboxylic acids is 2. The van der Waals surface area contributed by atoms with Crippen molar-refractivity contribution in [3.63, 3.8) is 0 Å². The molecule has 65 heavy (non-hydrogen) atoms. The quantitative estimate of drug-likeness (QED) is 0.0264. The Balaban J connectivity index is 2.26. The van der Waals surface area contributed by atoms with E-state index in [0.717, 1.165) is 32.1 Å². The van der Waals surface area contributed by atoms with Crippen LogP contribution in [0.5, 0.6) is 0 Å². The van der Waals surface area contributed by atoms with Gasteiger partial charge >= 0.3 is 11.9 Å². The molecular weight excluding hydrogens is 821 g/mol. The van der Waals surface area contributed by atoms with E-state index in [-0.39, 0.29) is 26.1 Å². The predicted octanol–water partition coefficient (Wildman–Crippen LogP) is 13.0. The highest BCUT2D eigenvalue weighted by molar-refractivity contribution is 5.70. The molecule has 0 aliphatic carbocycles. The van der Waals surface area contributed by atoms with Gasteiger partial charge in [0.25, 0.3) is 0 Å². The third-order valence-corrected chi connectivity index (χ3v) is 12.5. The summed E-state index contributed by atoms with van der Waals surface area (Å²) in [4.78, 5) is 25.4. The number of ether oxygens (including phenoxy) is 4. The lowest BCUT2D eigenvalue weighted by Gasteiger charge is -2.39. The van der Waals surface area contributed by atoms with E-state index in [9.17, 15) is 30.0 Å². The summed E-state index contributed by atoms with van der Waals surface area (Å²) in [6.07, 6.45) is 47.5. The maximum absolute atomic E-state index is 12.8. The topological polar surface area (TPSA) is 152 Å². The lowest BCUT2D eigenvalue weighted by Crippen LogP contribution is -2.59. The van der Waals surface area contributed by atoms with Gasteiger partial charge in [0.15, 0.2) is 12.4 Å². The molecule has 0 aromatic rings. The van der Waals surface area contributed by atoms with E-state index in [1.807, 2.05) is 0 Å². The fraction of sp³-hybridized carbons (Fsp3) is 0.855. The molecule has 2 unspecified atom stereocenters. The summed E-state index contributed by atoms with van der Waals surface area (Å²) in [6, 6.07) is 0. The van der Waals surface area contributed by atoms with Crippen LogP contribution in [0.25, 0.3) is 0 Å². The van der Waals surface area contributed by atoms with Gasteiger partial charge in [-0.1, -0.05) is 211 Å². The van der Waals surface area contributed by atoms with Crippen LogP contribution in [0, 0.1) is 0 Å². The van der Waals surface area contributed by atoms with Crippen LogP contribution in [-0.2, 0) is 28.5 Å². The minimum Gasteiger partial charge on any atom is -0.462 e. The second-order valence-corrected chi connectivity index (χ2v) is 18.7. The lowest BCUT2D eigenvalue weighted by molar-refractivity contribution is -0.305. The van der Waals surface area contributed by atoms with Crippen LogP contribution in [0.4, 0.5) is 0 Å². The Hall–Kier alpha value is -2.08. The summed E-state index contributed by atoms with van der Waals surface area (Å²) in [5.74, 6) is -0.888. The summed E-state index contributed by atoms with van der Waals surface area (Å²) in [6.45, 7) is 3.39. The smallest absolute Gasteiger partial charge is 0.306 e. The van der Waals surface area contributed by atoms with Gasteiger partial charge in [0, 0.05) is 12.8 Å². The number of aliphatic hydroxyl groups is 4. The molecule has 1 aliphatic heterocycles. The molecule has 1 aliphatic rings. The van der Waals surface area contributed by atoms with Gasteiger partial charge in [0.1, 0.15) is 31.0 Å². The van der Waals surface area contributed by atoms with Crippen LogP contribution >= 0.6 is 0 Å². The summed E-state index contributed by atoms with van der Waals surface area (Å²) in [5.41, 5.74) is 0. The summed E-state index contributed by atoms with van der Waals surface area (Å²) < 4.78 is 22.2. The largest absolute Gasteiger partial charge is 0.462 e. The van der Waals surface area contributed by atoms with E-state index in [4.69, 9.17) is 18.9 Å². The Morgan fingerprint density at radius 3 is 1.29 bits per heavy atom. The van der Waals surface area contributed by atoms with E-state index in [0.29, 0.717) is 12.8 Å². The first kappa shape index (κ1) is 60.9. The number of hydrogen-bond acceptors (Lipinski definition) is 10. The van der Waals surface area contributed by atoms with Gasteiger partial charge in [0.2, 0.25) is 0 Å². The molecule has 10 heteroatoms. The number of rotatable bonds is 46. The highest BCUT2D eigenvalue weighted by Gasteiger charge is 2.44. The molecule has 380 valence electrons. The minimum atomic E-state index is -1.61. The van der Waals surface area contributed by atoms with Gasteiger partial charge in [0.05, 0.1) is 13.2 Å². The van der Waals surface area contributed by atoms with E-state index >= 15 is 0 Å². The van der Waals surface area contributed by atoms with Crippen LogP contribution in [-0.4, -0.2) is 89.0 Å². The Morgan fingerprint density at radius 1 is 0.477 bits per heavy atom. The third-order valence-electron chi connectivity index (χ3n) is 12.5. The summed E-state index contributed by atoms with van der Waals surface area (Å²) in [5, 5.41) is 40.2. The Morgan fingerprint density at radius 2 is 0.862 bits per heavy atom. The van der Waals surface area contributed by atoms with E-state index in [1.165, 1.54) is 173 Å².